The first-order chi connectivity index (χ1) is 18.7. The van der Waals surface area contributed by atoms with Crippen LogP contribution in [0.3, 0.4) is 0 Å². The molecule has 5 rings (SSSR count). The quantitative estimate of drug-likeness (QED) is 0.234. The largest absolute Gasteiger partial charge is 0.496 e. The summed E-state index contributed by atoms with van der Waals surface area (Å²) in [5.74, 6) is -0.114. The summed E-state index contributed by atoms with van der Waals surface area (Å²) in [6.07, 6.45) is 0. The van der Waals surface area contributed by atoms with E-state index in [4.69, 9.17) is 18.7 Å². The number of aryl methyl sites for hydroxylation is 1. The third kappa shape index (κ3) is 5.39. The van der Waals surface area contributed by atoms with Crippen LogP contribution < -0.4 is 19.5 Å². The molecule has 200 valence electrons. The van der Waals surface area contributed by atoms with Crippen molar-refractivity contribution in [1.29, 1.82) is 0 Å². The normalized spacial score (nSPS) is 11.0. The van der Waals surface area contributed by atoms with Gasteiger partial charge < -0.3 is 18.7 Å². The summed E-state index contributed by atoms with van der Waals surface area (Å²) < 4.78 is 49.6. The molecule has 2 aromatic heterocycles. The van der Waals surface area contributed by atoms with Gasteiger partial charge in [-0.05, 0) is 43.7 Å². The van der Waals surface area contributed by atoms with E-state index in [1.54, 1.807) is 26.4 Å². The van der Waals surface area contributed by atoms with Crippen molar-refractivity contribution in [1.82, 2.24) is 10.1 Å². The summed E-state index contributed by atoms with van der Waals surface area (Å²) in [6, 6.07) is 13.0. The van der Waals surface area contributed by atoms with Crippen molar-refractivity contribution >= 4 is 32.6 Å². The lowest BCUT2D eigenvalue weighted by atomic mass is 10.1. The molecule has 3 aromatic carbocycles. The van der Waals surface area contributed by atoms with Gasteiger partial charge in [0.25, 0.3) is 5.91 Å². The van der Waals surface area contributed by atoms with Crippen LogP contribution in [-0.4, -0.2) is 36.9 Å². The van der Waals surface area contributed by atoms with Gasteiger partial charge in [0.2, 0.25) is 0 Å². The summed E-state index contributed by atoms with van der Waals surface area (Å²) >= 11 is 1.04. The topological polar surface area (TPSA) is 95.7 Å². The highest BCUT2D eigenvalue weighted by molar-refractivity contribution is 7.22. The van der Waals surface area contributed by atoms with Crippen LogP contribution >= 0.6 is 11.3 Å². The van der Waals surface area contributed by atoms with Crippen LogP contribution in [0.1, 0.15) is 11.1 Å². The van der Waals surface area contributed by atoms with E-state index < -0.39 is 17.5 Å². The van der Waals surface area contributed by atoms with Crippen LogP contribution in [0.15, 0.2) is 53.1 Å². The number of fused-ring (bicyclic) bond motifs is 1. The first-order valence-electron chi connectivity index (χ1n) is 11.7. The number of anilines is 1. The van der Waals surface area contributed by atoms with E-state index in [-0.39, 0.29) is 17.3 Å². The molecular formula is C28H23F2N3O5S. The van der Waals surface area contributed by atoms with E-state index in [9.17, 15) is 13.6 Å². The number of hydrogen-bond donors (Lipinski definition) is 1. The standard InChI is InChI=1S/C28H23F2N3O5S/c1-14-5-6-16(25-12-20(33-38-25)17-8-23(35-3)15(2)24(9-17)36-4)7-22(14)37-13-27(34)32-28-31-21-10-18(29)19(30)11-26(21)39-28/h5-12H,13H2,1-4H3,(H,31,32,34). The van der Waals surface area contributed by atoms with Crippen LogP contribution in [0.2, 0.25) is 0 Å². The second-order valence-electron chi connectivity index (χ2n) is 8.65. The molecule has 0 aliphatic rings. The Kier molecular flexibility index (Phi) is 7.16. The zero-order chi connectivity index (χ0) is 27.7. The van der Waals surface area contributed by atoms with E-state index in [1.165, 1.54) is 0 Å². The molecule has 0 bridgehead atoms. The Balaban J connectivity index is 1.30. The summed E-state index contributed by atoms with van der Waals surface area (Å²) in [6.45, 7) is 3.46. The van der Waals surface area contributed by atoms with Crippen molar-refractivity contribution in [2.45, 2.75) is 13.8 Å². The number of rotatable bonds is 8. The van der Waals surface area contributed by atoms with Gasteiger partial charge in [-0.3, -0.25) is 10.1 Å². The lowest BCUT2D eigenvalue weighted by Crippen LogP contribution is -2.20. The first-order valence-corrected chi connectivity index (χ1v) is 12.6. The van der Waals surface area contributed by atoms with Crippen LogP contribution in [0.25, 0.3) is 32.8 Å². The number of ether oxygens (including phenoxy) is 3. The highest BCUT2D eigenvalue weighted by Crippen LogP contribution is 2.36. The van der Waals surface area contributed by atoms with Gasteiger partial charge in [-0.2, -0.15) is 0 Å². The zero-order valence-corrected chi connectivity index (χ0v) is 22.2. The molecule has 39 heavy (non-hydrogen) atoms. The second kappa shape index (κ2) is 10.7. The minimum absolute atomic E-state index is 0.215. The molecule has 0 aliphatic heterocycles. The third-order valence-electron chi connectivity index (χ3n) is 6.07. The van der Waals surface area contributed by atoms with Crippen molar-refractivity contribution in [2.75, 3.05) is 26.1 Å². The van der Waals surface area contributed by atoms with E-state index in [1.807, 2.05) is 38.1 Å². The van der Waals surface area contributed by atoms with Gasteiger partial charge in [0.15, 0.2) is 29.1 Å². The molecule has 8 nitrogen and oxygen atoms in total. The lowest BCUT2D eigenvalue weighted by Gasteiger charge is -2.11. The van der Waals surface area contributed by atoms with Crippen molar-refractivity contribution < 1.29 is 32.3 Å². The number of aromatic nitrogens is 2. The Hall–Kier alpha value is -4.51. The Labute approximate surface area is 226 Å². The van der Waals surface area contributed by atoms with Gasteiger partial charge in [-0.25, -0.2) is 13.8 Å². The molecule has 0 fully saturated rings. The molecule has 5 aromatic rings. The number of benzene rings is 3. The number of methoxy groups -OCH3 is 2. The fourth-order valence-corrected chi connectivity index (χ4v) is 4.85. The molecule has 1 N–H and O–H groups in total. The SMILES string of the molecule is COc1cc(-c2cc(-c3ccc(C)c(OCC(=O)Nc4nc5cc(F)c(F)cc5s4)c3)on2)cc(OC)c1C. The van der Waals surface area contributed by atoms with Gasteiger partial charge in [0.05, 0.1) is 24.4 Å². The average molecular weight is 552 g/mol. The van der Waals surface area contributed by atoms with Crippen molar-refractivity contribution in [3.8, 4) is 39.8 Å². The molecule has 2 heterocycles. The molecule has 1 amide bonds. The smallest absolute Gasteiger partial charge is 0.264 e. The molecule has 0 spiro atoms. The fourth-order valence-electron chi connectivity index (χ4n) is 3.97. The number of thiazole rings is 1. The summed E-state index contributed by atoms with van der Waals surface area (Å²) in [5, 5.41) is 7.02. The summed E-state index contributed by atoms with van der Waals surface area (Å²) in [4.78, 5) is 16.6. The van der Waals surface area contributed by atoms with E-state index >= 15 is 0 Å². The van der Waals surface area contributed by atoms with Crippen molar-refractivity contribution in [3.05, 3.63) is 71.3 Å². The molecule has 0 saturated heterocycles. The maximum atomic E-state index is 13.5. The van der Waals surface area contributed by atoms with E-state index in [0.29, 0.717) is 39.0 Å². The van der Waals surface area contributed by atoms with Crippen LogP contribution in [0, 0.1) is 25.5 Å². The summed E-state index contributed by atoms with van der Waals surface area (Å²) in [7, 11) is 3.18. The fraction of sp³-hybridized carbons (Fsp3) is 0.179. The Morgan fingerprint density at radius 2 is 1.64 bits per heavy atom. The zero-order valence-electron chi connectivity index (χ0n) is 21.4. The van der Waals surface area contributed by atoms with Gasteiger partial charge >= 0.3 is 0 Å². The number of hydrogen-bond acceptors (Lipinski definition) is 8. The maximum absolute atomic E-state index is 13.5. The number of carbonyl (C=O) groups excluding carboxylic acids is 1. The molecule has 0 atom stereocenters. The number of nitrogens with zero attached hydrogens (tertiary/aromatic N) is 2. The highest BCUT2D eigenvalue weighted by atomic mass is 32.1. The minimum Gasteiger partial charge on any atom is -0.496 e. The monoisotopic (exact) mass is 551 g/mol. The molecule has 0 aliphatic carbocycles. The maximum Gasteiger partial charge on any atom is 0.264 e. The molecule has 0 unspecified atom stereocenters. The molecule has 0 saturated carbocycles. The highest BCUT2D eigenvalue weighted by Gasteiger charge is 2.16. The molecule has 0 radical (unpaired) electrons. The number of amides is 1. The van der Waals surface area contributed by atoms with Gasteiger partial charge in [0.1, 0.15) is 22.9 Å². The Morgan fingerprint density at radius 3 is 2.36 bits per heavy atom. The molecular weight excluding hydrogens is 528 g/mol. The van der Waals surface area contributed by atoms with Crippen LogP contribution in [0.4, 0.5) is 13.9 Å². The minimum atomic E-state index is -0.999. The number of nitrogens with one attached hydrogen (secondary N) is 1. The second-order valence-corrected chi connectivity index (χ2v) is 9.68. The van der Waals surface area contributed by atoms with E-state index in [2.05, 4.69) is 15.5 Å². The van der Waals surface area contributed by atoms with Crippen molar-refractivity contribution in [3.63, 3.8) is 0 Å². The summed E-state index contributed by atoms with van der Waals surface area (Å²) in [5.41, 5.74) is 4.01. The lowest BCUT2D eigenvalue weighted by molar-refractivity contribution is -0.118. The van der Waals surface area contributed by atoms with Crippen molar-refractivity contribution in [2.24, 2.45) is 0 Å². The van der Waals surface area contributed by atoms with Gasteiger partial charge in [0, 0.05) is 28.8 Å². The van der Waals surface area contributed by atoms with Crippen LogP contribution in [0.5, 0.6) is 17.2 Å². The predicted octanol–water partition coefficient (Wildman–Crippen LogP) is 6.55. The Bertz CT molecular complexity index is 1630. The molecule has 11 heteroatoms. The number of halogens is 2. The van der Waals surface area contributed by atoms with Crippen LogP contribution in [-0.2, 0) is 4.79 Å². The Morgan fingerprint density at radius 1 is 0.949 bits per heavy atom. The van der Waals surface area contributed by atoms with Gasteiger partial charge in [-0.15, -0.1) is 0 Å². The van der Waals surface area contributed by atoms with Gasteiger partial charge in [-0.1, -0.05) is 28.6 Å². The third-order valence-corrected chi connectivity index (χ3v) is 7.00. The predicted molar refractivity (Wildman–Crippen MR) is 144 cm³/mol. The average Bonchev–Trinajstić information content (AvgIpc) is 3.56. The number of carbonyl (C=O) groups is 1. The first kappa shape index (κ1) is 26.1. The van der Waals surface area contributed by atoms with E-state index in [0.717, 1.165) is 40.2 Å².